The highest BCUT2D eigenvalue weighted by molar-refractivity contribution is 7.11. The van der Waals surface area contributed by atoms with E-state index in [4.69, 9.17) is 9.47 Å². The molecular weight excluding hydrogens is 402 g/mol. The van der Waals surface area contributed by atoms with Gasteiger partial charge in [0.2, 0.25) is 5.91 Å². The number of anilines is 1. The third kappa shape index (κ3) is 4.94. The second-order valence-electron chi connectivity index (χ2n) is 7.23. The van der Waals surface area contributed by atoms with Gasteiger partial charge in [0.15, 0.2) is 11.5 Å². The fourth-order valence-electron chi connectivity index (χ4n) is 3.76. The molecule has 0 aliphatic carbocycles. The topological polar surface area (TPSA) is 79.9 Å². The predicted octanol–water partition coefficient (Wildman–Crippen LogP) is 3.43. The van der Waals surface area contributed by atoms with Crippen molar-refractivity contribution in [2.75, 3.05) is 32.6 Å². The highest BCUT2D eigenvalue weighted by atomic mass is 32.1. The van der Waals surface area contributed by atoms with Crippen molar-refractivity contribution in [2.24, 2.45) is 0 Å². The smallest absolute Gasteiger partial charge is 0.251 e. The van der Waals surface area contributed by atoms with Gasteiger partial charge in [-0.1, -0.05) is 6.92 Å². The lowest BCUT2D eigenvalue weighted by molar-refractivity contribution is -0.120. The molecule has 162 valence electrons. The van der Waals surface area contributed by atoms with E-state index < -0.39 is 0 Å². The van der Waals surface area contributed by atoms with Crippen LogP contribution in [0.15, 0.2) is 24.3 Å². The maximum atomic E-state index is 12.9. The summed E-state index contributed by atoms with van der Waals surface area (Å²) in [4.78, 5) is 30.1. The minimum Gasteiger partial charge on any atom is -0.493 e. The van der Waals surface area contributed by atoms with Crippen molar-refractivity contribution in [3.63, 3.8) is 0 Å². The van der Waals surface area contributed by atoms with E-state index in [1.807, 2.05) is 19.1 Å². The monoisotopic (exact) mass is 431 g/mol. The maximum Gasteiger partial charge on any atom is 0.251 e. The van der Waals surface area contributed by atoms with Crippen LogP contribution >= 0.6 is 11.3 Å². The summed E-state index contributed by atoms with van der Waals surface area (Å²) in [7, 11) is 3.02. The second kappa shape index (κ2) is 9.95. The molecule has 0 radical (unpaired) electrons. The van der Waals surface area contributed by atoms with E-state index >= 15 is 0 Å². The molecule has 7 nitrogen and oxygen atoms in total. The first-order valence-corrected chi connectivity index (χ1v) is 10.9. The van der Waals surface area contributed by atoms with E-state index in [9.17, 15) is 9.59 Å². The summed E-state index contributed by atoms with van der Waals surface area (Å²) < 4.78 is 10.9. The third-order valence-electron chi connectivity index (χ3n) is 5.29. The third-order valence-corrected chi connectivity index (χ3v) is 6.29. The maximum absolute atomic E-state index is 12.9. The van der Waals surface area contributed by atoms with Crippen LogP contribution in [0.25, 0.3) is 0 Å². The molecule has 2 N–H and O–H groups in total. The van der Waals surface area contributed by atoms with Crippen molar-refractivity contribution in [3.8, 4) is 11.5 Å². The van der Waals surface area contributed by atoms with Gasteiger partial charge in [0.25, 0.3) is 5.91 Å². The van der Waals surface area contributed by atoms with Crippen molar-refractivity contribution in [2.45, 2.75) is 39.3 Å². The van der Waals surface area contributed by atoms with Crippen LogP contribution in [0.5, 0.6) is 11.5 Å². The molecule has 3 rings (SSSR count). The van der Waals surface area contributed by atoms with Crippen molar-refractivity contribution in [1.82, 2.24) is 10.2 Å². The number of nitrogens with one attached hydrogen (secondary N) is 2. The van der Waals surface area contributed by atoms with E-state index in [2.05, 4.69) is 22.5 Å². The molecule has 8 heteroatoms. The normalized spacial score (nSPS) is 16.3. The number of benzene rings is 1. The Morgan fingerprint density at radius 3 is 2.67 bits per heavy atom. The first-order chi connectivity index (χ1) is 14.5. The molecule has 1 aromatic carbocycles. The van der Waals surface area contributed by atoms with E-state index in [-0.39, 0.29) is 17.9 Å². The Labute approximate surface area is 181 Å². The van der Waals surface area contributed by atoms with Gasteiger partial charge in [-0.25, -0.2) is 0 Å². The first kappa shape index (κ1) is 22.1. The van der Waals surface area contributed by atoms with E-state index in [1.165, 1.54) is 19.1 Å². The summed E-state index contributed by atoms with van der Waals surface area (Å²) in [5, 5.41) is 5.87. The number of likely N-dealkylation sites (tertiary alicyclic amines) is 1. The number of rotatable bonds is 8. The molecule has 2 heterocycles. The van der Waals surface area contributed by atoms with Gasteiger partial charge in [-0.2, -0.15) is 0 Å². The molecule has 1 unspecified atom stereocenters. The minimum atomic E-state index is -0.242. The molecule has 1 fully saturated rings. The summed E-state index contributed by atoms with van der Waals surface area (Å²) >= 11 is 1.65. The van der Waals surface area contributed by atoms with Gasteiger partial charge in [0, 0.05) is 15.3 Å². The Kier molecular flexibility index (Phi) is 7.33. The molecule has 1 aromatic heterocycles. The number of likely N-dealkylation sites (N-methyl/N-ethyl adjacent to an activating group) is 1. The largest absolute Gasteiger partial charge is 0.493 e. The summed E-state index contributed by atoms with van der Waals surface area (Å²) in [5.41, 5.74) is 0.830. The van der Waals surface area contributed by atoms with Gasteiger partial charge in [0.1, 0.15) is 0 Å². The SMILES string of the molecule is CCN1CCCC1C(=O)Nc1cc(C(=O)NCc2ccc(C)s2)cc(OC)c1OC. The number of carbonyl (C=O) groups is 2. The second-order valence-corrected chi connectivity index (χ2v) is 8.60. The predicted molar refractivity (Wildman–Crippen MR) is 119 cm³/mol. The van der Waals surface area contributed by atoms with Crippen molar-refractivity contribution in [1.29, 1.82) is 0 Å². The molecule has 2 aromatic rings. The molecule has 1 saturated heterocycles. The van der Waals surface area contributed by atoms with Gasteiger partial charge >= 0.3 is 0 Å². The number of hydrogen-bond donors (Lipinski definition) is 2. The molecule has 0 bridgehead atoms. The number of nitrogens with zero attached hydrogens (tertiary/aromatic N) is 1. The van der Waals surface area contributed by atoms with Gasteiger partial charge in [-0.05, 0) is 57.1 Å². The zero-order chi connectivity index (χ0) is 21.7. The number of amides is 2. The average molecular weight is 432 g/mol. The zero-order valence-corrected chi connectivity index (χ0v) is 18.7. The zero-order valence-electron chi connectivity index (χ0n) is 17.9. The van der Waals surface area contributed by atoms with Crippen LogP contribution in [-0.4, -0.2) is 50.1 Å². The van der Waals surface area contributed by atoms with Crippen molar-refractivity contribution < 1.29 is 19.1 Å². The average Bonchev–Trinajstić information content (AvgIpc) is 3.39. The fraction of sp³-hybridized carbons (Fsp3) is 0.455. The molecule has 0 saturated carbocycles. The summed E-state index contributed by atoms with van der Waals surface area (Å²) in [6.45, 7) is 6.27. The highest BCUT2D eigenvalue weighted by Gasteiger charge is 2.30. The van der Waals surface area contributed by atoms with Gasteiger partial charge in [0.05, 0.1) is 32.5 Å². The van der Waals surface area contributed by atoms with Gasteiger partial charge in [-0.3, -0.25) is 14.5 Å². The first-order valence-electron chi connectivity index (χ1n) is 10.1. The quantitative estimate of drug-likeness (QED) is 0.669. The lowest BCUT2D eigenvalue weighted by atomic mass is 10.1. The molecule has 2 amide bonds. The van der Waals surface area contributed by atoms with Crippen LogP contribution in [0.3, 0.4) is 0 Å². The Morgan fingerprint density at radius 2 is 2.03 bits per heavy atom. The number of carbonyl (C=O) groups excluding carboxylic acids is 2. The van der Waals surface area contributed by atoms with Crippen LogP contribution in [0, 0.1) is 6.92 Å². The number of thiophene rings is 1. The summed E-state index contributed by atoms with van der Waals surface area (Å²) in [5.74, 6) is 0.457. The Morgan fingerprint density at radius 1 is 1.23 bits per heavy atom. The summed E-state index contributed by atoms with van der Waals surface area (Å²) in [6.07, 6.45) is 1.82. The van der Waals surface area contributed by atoms with E-state index in [1.54, 1.807) is 23.5 Å². The summed E-state index contributed by atoms with van der Waals surface area (Å²) in [6, 6.07) is 7.11. The Hall–Kier alpha value is -2.58. The van der Waals surface area contributed by atoms with Crippen LogP contribution in [0.1, 0.15) is 39.9 Å². The molecule has 1 aliphatic rings. The lowest BCUT2D eigenvalue weighted by Gasteiger charge is -2.23. The van der Waals surface area contributed by atoms with E-state index in [0.29, 0.717) is 29.3 Å². The fourth-order valence-corrected chi connectivity index (χ4v) is 4.59. The van der Waals surface area contributed by atoms with Crippen LogP contribution in [-0.2, 0) is 11.3 Å². The minimum absolute atomic E-state index is 0.0960. The van der Waals surface area contributed by atoms with Crippen LogP contribution in [0.4, 0.5) is 5.69 Å². The van der Waals surface area contributed by atoms with Gasteiger partial charge < -0.3 is 20.1 Å². The van der Waals surface area contributed by atoms with Crippen molar-refractivity contribution in [3.05, 3.63) is 39.6 Å². The van der Waals surface area contributed by atoms with Crippen LogP contribution < -0.4 is 20.1 Å². The number of hydrogen-bond acceptors (Lipinski definition) is 6. The Balaban J connectivity index is 1.81. The van der Waals surface area contributed by atoms with E-state index in [0.717, 1.165) is 30.8 Å². The molecule has 0 spiro atoms. The lowest BCUT2D eigenvalue weighted by Crippen LogP contribution is -2.39. The highest BCUT2D eigenvalue weighted by Crippen LogP contribution is 2.37. The van der Waals surface area contributed by atoms with Gasteiger partial charge in [-0.15, -0.1) is 11.3 Å². The Bertz CT molecular complexity index is 912. The number of ether oxygens (including phenoxy) is 2. The molecular formula is C22H29N3O4S. The van der Waals surface area contributed by atoms with Crippen molar-refractivity contribution >= 4 is 28.8 Å². The number of aryl methyl sites for hydroxylation is 1. The standard InChI is InChI=1S/C22H29N3O4S/c1-5-25-10-6-7-18(25)22(27)24-17-11-15(12-19(28-3)20(17)29-4)21(26)23-13-16-9-8-14(2)30-16/h8-9,11-12,18H,5-7,10,13H2,1-4H3,(H,23,26)(H,24,27). The molecule has 1 atom stereocenters. The van der Waals surface area contributed by atoms with Crippen LogP contribution in [0.2, 0.25) is 0 Å². The number of methoxy groups -OCH3 is 2. The molecule has 30 heavy (non-hydrogen) atoms. The molecule has 1 aliphatic heterocycles.